The molecule has 1 saturated heterocycles. The zero-order valence-corrected chi connectivity index (χ0v) is 15.6. The van der Waals surface area contributed by atoms with Gasteiger partial charge in [-0.1, -0.05) is 36.4 Å². The molecule has 3 N–H and O–H groups in total. The van der Waals surface area contributed by atoms with E-state index in [0.717, 1.165) is 30.5 Å². The lowest BCUT2D eigenvalue weighted by atomic mass is 9.77. The number of carbonyl (C=O) groups is 2. The first-order valence-corrected chi connectivity index (χ1v) is 9.69. The van der Waals surface area contributed by atoms with Crippen molar-refractivity contribution in [1.29, 1.82) is 0 Å². The maximum atomic E-state index is 13.4. The number of nitrogens with one attached hydrogen (secondary N) is 2. The first-order valence-electron chi connectivity index (χ1n) is 9.69. The second kappa shape index (κ2) is 7.19. The number of piperidine rings is 1. The van der Waals surface area contributed by atoms with Crippen LogP contribution in [0.4, 0.5) is 0 Å². The van der Waals surface area contributed by atoms with Crippen LogP contribution in [0.1, 0.15) is 31.2 Å². The number of hydroxylamine groups is 1. The average molecular weight is 369 g/mol. The number of hydrogen-bond acceptors (Lipinski definition) is 5. The van der Waals surface area contributed by atoms with E-state index in [2.05, 4.69) is 23.5 Å². The molecule has 1 aromatic rings. The Morgan fingerprint density at radius 3 is 2.67 bits per heavy atom. The lowest BCUT2D eigenvalue weighted by Gasteiger charge is -2.43. The highest BCUT2D eigenvalue weighted by Gasteiger charge is 2.55. The fourth-order valence-corrected chi connectivity index (χ4v) is 4.85. The quantitative estimate of drug-likeness (QED) is 0.555. The van der Waals surface area contributed by atoms with Crippen molar-refractivity contribution in [1.82, 2.24) is 15.7 Å². The van der Waals surface area contributed by atoms with Crippen LogP contribution in [0, 0.1) is 11.3 Å². The van der Waals surface area contributed by atoms with Gasteiger partial charge >= 0.3 is 0 Å². The van der Waals surface area contributed by atoms with E-state index in [1.54, 1.807) is 5.48 Å². The average Bonchev–Trinajstić information content (AvgIpc) is 3.45. The zero-order chi connectivity index (χ0) is 19.0. The van der Waals surface area contributed by atoms with Crippen molar-refractivity contribution in [3.8, 4) is 0 Å². The Kier molecular flexibility index (Phi) is 4.88. The summed E-state index contributed by atoms with van der Waals surface area (Å²) in [7, 11) is 1.93. The number of nitrogens with zero attached hydrogens (tertiary/aromatic N) is 1. The largest absolute Gasteiger partial charge is 0.304 e. The van der Waals surface area contributed by atoms with E-state index in [4.69, 9.17) is 0 Å². The van der Waals surface area contributed by atoms with E-state index in [0.29, 0.717) is 19.4 Å². The number of ketones is 1. The highest BCUT2D eigenvalue weighted by Crippen LogP contribution is 2.54. The lowest BCUT2D eigenvalue weighted by Crippen LogP contribution is -2.59. The maximum Gasteiger partial charge on any atom is 0.248 e. The van der Waals surface area contributed by atoms with Gasteiger partial charge in [0.15, 0.2) is 5.78 Å². The summed E-state index contributed by atoms with van der Waals surface area (Å²) in [5, 5.41) is 12.5. The first-order chi connectivity index (χ1) is 13.0. The van der Waals surface area contributed by atoms with Crippen molar-refractivity contribution in [2.24, 2.45) is 11.3 Å². The second-order valence-electron chi connectivity index (χ2n) is 8.31. The minimum Gasteiger partial charge on any atom is -0.304 e. The third-order valence-corrected chi connectivity index (χ3v) is 6.41. The molecule has 27 heavy (non-hydrogen) atoms. The van der Waals surface area contributed by atoms with Crippen LogP contribution in [0.3, 0.4) is 0 Å². The van der Waals surface area contributed by atoms with Crippen LogP contribution < -0.4 is 10.8 Å². The topological polar surface area (TPSA) is 81.7 Å². The Balaban J connectivity index is 1.53. The predicted molar refractivity (Wildman–Crippen MR) is 102 cm³/mol. The van der Waals surface area contributed by atoms with Gasteiger partial charge in [-0.25, -0.2) is 5.48 Å². The predicted octanol–water partition coefficient (Wildman–Crippen LogP) is 1.61. The first kappa shape index (κ1) is 18.3. The van der Waals surface area contributed by atoms with Gasteiger partial charge in [-0.2, -0.15) is 0 Å². The molecule has 1 spiro atoms. The summed E-state index contributed by atoms with van der Waals surface area (Å²) in [6.07, 6.45) is 5.60. The van der Waals surface area contributed by atoms with Crippen LogP contribution in [0.25, 0.3) is 5.57 Å². The van der Waals surface area contributed by atoms with Gasteiger partial charge in [0.05, 0.1) is 18.0 Å². The molecule has 2 aliphatic heterocycles. The monoisotopic (exact) mass is 369 g/mol. The number of benzene rings is 1. The lowest BCUT2D eigenvalue weighted by molar-refractivity contribution is -0.145. The van der Waals surface area contributed by atoms with Gasteiger partial charge in [-0.15, -0.1) is 0 Å². The molecule has 6 heteroatoms. The summed E-state index contributed by atoms with van der Waals surface area (Å²) in [5.74, 6) is -0.902. The van der Waals surface area contributed by atoms with Crippen LogP contribution in [0.15, 0.2) is 36.4 Å². The Morgan fingerprint density at radius 1 is 1.26 bits per heavy atom. The van der Waals surface area contributed by atoms with Crippen molar-refractivity contribution in [3.05, 3.63) is 42.0 Å². The number of hydrogen-bond donors (Lipinski definition) is 3. The molecule has 144 valence electrons. The molecule has 3 unspecified atom stereocenters. The molecule has 1 amide bonds. The minimum absolute atomic E-state index is 0.0446. The summed E-state index contributed by atoms with van der Waals surface area (Å²) < 4.78 is 0. The molecule has 0 bridgehead atoms. The molecule has 3 atom stereocenters. The molecule has 6 nitrogen and oxygen atoms in total. The number of Topliss-reactive ketones (excluding diaryl/α,β-unsaturated/α-hetero) is 1. The number of carbonyl (C=O) groups excluding carboxylic acids is 2. The van der Waals surface area contributed by atoms with Gasteiger partial charge in [-0.3, -0.25) is 19.7 Å². The zero-order valence-electron chi connectivity index (χ0n) is 15.6. The van der Waals surface area contributed by atoms with Gasteiger partial charge in [-0.05, 0) is 49.3 Å². The van der Waals surface area contributed by atoms with E-state index >= 15 is 0 Å². The molecule has 4 rings (SSSR count). The highest BCUT2D eigenvalue weighted by atomic mass is 16.5. The fourth-order valence-electron chi connectivity index (χ4n) is 4.85. The number of likely N-dealkylation sites (tertiary alicyclic amines) is 1. The Labute approximate surface area is 159 Å². The molecule has 0 radical (unpaired) electrons. The Hall–Kier alpha value is -2.02. The SMILES string of the molecule is CN1CC2(CC2)CC(C(=O)NO)C1C(=O)C1CC(c2ccccc2)=CCN1. The fraction of sp³-hybridized carbons (Fsp3) is 0.524. The van der Waals surface area contributed by atoms with Crippen molar-refractivity contribution in [2.75, 3.05) is 20.1 Å². The van der Waals surface area contributed by atoms with Crippen LogP contribution in [-0.4, -0.2) is 54.0 Å². The summed E-state index contributed by atoms with van der Waals surface area (Å²) >= 11 is 0. The highest BCUT2D eigenvalue weighted by molar-refractivity contribution is 5.96. The van der Waals surface area contributed by atoms with Gasteiger partial charge in [0.25, 0.3) is 0 Å². The summed E-state index contributed by atoms with van der Waals surface area (Å²) in [4.78, 5) is 27.8. The summed E-state index contributed by atoms with van der Waals surface area (Å²) in [6.45, 7) is 1.48. The molecule has 1 aliphatic carbocycles. The van der Waals surface area contributed by atoms with E-state index in [1.807, 2.05) is 30.1 Å². The van der Waals surface area contributed by atoms with Gasteiger partial charge in [0.2, 0.25) is 5.91 Å². The molecule has 1 aromatic carbocycles. The Morgan fingerprint density at radius 2 is 2.00 bits per heavy atom. The minimum atomic E-state index is -0.504. The smallest absolute Gasteiger partial charge is 0.248 e. The molecule has 2 heterocycles. The van der Waals surface area contributed by atoms with Crippen LogP contribution in [0.2, 0.25) is 0 Å². The van der Waals surface area contributed by atoms with Gasteiger partial charge < -0.3 is 5.32 Å². The van der Waals surface area contributed by atoms with E-state index < -0.39 is 17.9 Å². The van der Waals surface area contributed by atoms with E-state index in [9.17, 15) is 14.8 Å². The summed E-state index contributed by atoms with van der Waals surface area (Å²) in [6, 6.07) is 9.28. The maximum absolute atomic E-state index is 13.4. The third-order valence-electron chi connectivity index (χ3n) is 6.41. The van der Waals surface area contributed by atoms with Crippen LogP contribution in [0.5, 0.6) is 0 Å². The third kappa shape index (κ3) is 3.57. The normalized spacial score (nSPS) is 29.9. The van der Waals surface area contributed by atoms with Crippen molar-refractivity contribution < 1.29 is 14.8 Å². The number of likely N-dealkylation sites (N-methyl/N-ethyl adjacent to an activating group) is 1. The van der Waals surface area contributed by atoms with Crippen molar-refractivity contribution >= 4 is 17.3 Å². The molecular weight excluding hydrogens is 342 g/mol. The van der Waals surface area contributed by atoms with E-state index in [-0.39, 0.29) is 17.2 Å². The molecular formula is C21H27N3O3. The summed E-state index contributed by atoms with van der Waals surface area (Å²) in [5.41, 5.74) is 4.24. The van der Waals surface area contributed by atoms with E-state index in [1.165, 1.54) is 0 Å². The number of amides is 1. The Bertz CT molecular complexity index is 757. The molecule has 2 fully saturated rings. The van der Waals surface area contributed by atoms with Crippen LogP contribution >= 0.6 is 0 Å². The molecule has 3 aliphatic rings. The standard InChI is InChI=1S/C21H27N3O3/c1-24-13-21(8-9-21)12-16(20(26)23-27)18(24)19(25)17-11-15(7-10-22-17)14-5-3-2-4-6-14/h2-7,16-18,22,27H,8-13H2,1H3,(H,23,26). The molecule has 1 saturated carbocycles. The van der Waals surface area contributed by atoms with Crippen molar-refractivity contribution in [3.63, 3.8) is 0 Å². The van der Waals surface area contributed by atoms with Gasteiger partial charge in [0, 0.05) is 13.1 Å². The number of rotatable bonds is 4. The van der Waals surface area contributed by atoms with Crippen LogP contribution in [-0.2, 0) is 9.59 Å². The van der Waals surface area contributed by atoms with Gasteiger partial charge in [0.1, 0.15) is 0 Å². The second-order valence-corrected chi connectivity index (χ2v) is 8.31. The molecule has 0 aromatic heterocycles. The van der Waals surface area contributed by atoms with Crippen molar-refractivity contribution in [2.45, 2.75) is 37.8 Å².